The zero-order valence-electron chi connectivity index (χ0n) is 14.1. The molecule has 0 radical (unpaired) electrons. The molecule has 7 nitrogen and oxygen atoms in total. The minimum absolute atomic E-state index is 0.187. The molecule has 0 saturated heterocycles. The van der Waals surface area contributed by atoms with Crippen LogP contribution in [0.15, 0.2) is 34.9 Å². The molecule has 0 aliphatic carbocycles. The maximum absolute atomic E-state index is 13.0. The summed E-state index contributed by atoms with van der Waals surface area (Å²) in [5.74, 6) is -1.67. The Bertz CT molecular complexity index is 884. The van der Waals surface area contributed by atoms with Gasteiger partial charge in [-0.3, -0.25) is 4.79 Å². The van der Waals surface area contributed by atoms with Crippen molar-refractivity contribution in [2.45, 2.75) is 24.3 Å². The molecule has 2 N–H and O–H groups in total. The summed E-state index contributed by atoms with van der Waals surface area (Å²) in [5, 5.41) is 15.5. The van der Waals surface area contributed by atoms with Crippen molar-refractivity contribution in [3.63, 3.8) is 0 Å². The number of alkyl halides is 3. The third kappa shape index (κ3) is 5.79. The number of hydrogen-bond donors (Lipinski definition) is 2. The fraction of sp³-hybridized carbons (Fsp3) is 0.375. The number of aliphatic hydroxyl groups is 1. The van der Waals surface area contributed by atoms with Crippen LogP contribution in [0.25, 0.3) is 11.3 Å². The average Bonchev–Trinajstić information content (AvgIpc) is 3.05. The van der Waals surface area contributed by atoms with Crippen molar-refractivity contribution in [2.24, 2.45) is 0 Å². The number of nitrogens with zero attached hydrogens (tertiary/aromatic N) is 1. The molecule has 0 saturated carbocycles. The van der Waals surface area contributed by atoms with E-state index in [0.717, 1.165) is 6.26 Å². The van der Waals surface area contributed by atoms with Gasteiger partial charge in [0.2, 0.25) is 0 Å². The lowest BCUT2D eigenvalue weighted by atomic mass is 10.0. The summed E-state index contributed by atoms with van der Waals surface area (Å²) in [6, 6.07) is 5.70. The summed E-state index contributed by atoms with van der Waals surface area (Å²) in [7, 11) is -3.27. The van der Waals surface area contributed by atoms with E-state index in [1.807, 2.05) is 0 Å². The van der Waals surface area contributed by atoms with Crippen molar-refractivity contribution < 1.29 is 36.0 Å². The average molecular weight is 406 g/mol. The minimum atomic E-state index is -3.32. The Labute approximate surface area is 153 Å². The quantitative estimate of drug-likeness (QED) is 0.690. The lowest BCUT2D eigenvalue weighted by molar-refractivity contribution is -0.133. The molecule has 27 heavy (non-hydrogen) atoms. The highest BCUT2D eigenvalue weighted by Gasteiger charge is 2.26. The van der Waals surface area contributed by atoms with Crippen LogP contribution in [0.3, 0.4) is 0 Å². The second-order valence-corrected chi connectivity index (χ2v) is 8.03. The lowest BCUT2D eigenvalue weighted by Gasteiger charge is -2.21. The van der Waals surface area contributed by atoms with Gasteiger partial charge in [-0.1, -0.05) is 29.4 Å². The number of rotatable bonds is 8. The van der Waals surface area contributed by atoms with Crippen LogP contribution in [0.2, 0.25) is 0 Å². The Kier molecular flexibility index (Phi) is 6.60. The molecule has 0 bridgehead atoms. The van der Waals surface area contributed by atoms with Gasteiger partial charge in [0.15, 0.2) is 15.6 Å². The monoisotopic (exact) mass is 406 g/mol. The molecule has 1 aromatic heterocycles. The fourth-order valence-electron chi connectivity index (χ4n) is 2.31. The molecule has 1 aromatic carbocycles. The number of aromatic nitrogens is 1. The van der Waals surface area contributed by atoms with Crippen molar-refractivity contribution >= 4 is 15.7 Å². The topological polar surface area (TPSA) is 110 Å². The summed E-state index contributed by atoms with van der Waals surface area (Å²) in [5.41, 5.74) is 0.919. The Morgan fingerprint density at radius 2 is 1.93 bits per heavy atom. The van der Waals surface area contributed by atoms with Crippen molar-refractivity contribution in [1.82, 2.24) is 10.5 Å². The molecule has 2 aromatic rings. The van der Waals surface area contributed by atoms with E-state index in [9.17, 15) is 31.5 Å². The number of carbonyl (C=O) groups excluding carboxylic acids is 1. The molecule has 0 unspecified atom stereocenters. The van der Waals surface area contributed by atoms with E-state index in [4.69, 9.17) is 4.52 Å². The molecule has 0 spiro atoms. The standard InChI is InChI=1S/C16H17F3N2O5S/c1-27(24,25)8-11-6-13(26-21-11)9-2-4-10(5-3-9)14(22)12(7-17)20-16(23)15(18)19/h2-6,12,14-15,22H,7-8H2,1H3,(H,20,23)/t12-,14-/m1/s1. The summed E-state index contributed by atoms with van der Waals surface area (Å²) in [6.07, 6.45) is -3.80. The summed E-state index contributed by atoms with van der Waals surface area (Å²) in [6.45, 7) is -1.24. The van der Waals surface area contributed by atoms with Crippen LogP contribution in [0.1, 0.15) is 17.4 Å². The second-order valence-electron chi connectivity index (χ2n) is 5.89. The molecule has 11 heteroatoms. The van der Waals surface area contributed by atoms with Crippen molar-refractivity contribution in [3.8, 4) is 11.3 Å². The minimum Gasteiger partial charge on any atom is -0.386 e. The van der Waals surface area contributed by atoms with Gasteiger partial charge in [0.05, 0.1) is 17.5 Å². The van der Waals surface area contributed by atoms with Gasteiger partial charge in [-0.15, -0.1) is 0 Å². The van der Waals surface area contributed by atoms with Gasteiger partial charge >= 0.3 is 6.43 Å². The van der Waals surface area contributed by atoms with E-state index in [2.05, 4.69) is 5.16 Å². The highest BCUT2D eigenvalue weighted by Crippen LogP contribution is 2.25. The number of amides is 1. The van der Waals surface area contributed by atoms with Gasteiger partial charge in [0.25, 0.3) is 5.91 Å². The molecule has 0 fully saturated rings. The predicted octanol–water partition coefficient (Wildman–Crippen LogP) is 1.64. The molecule has 1 amide bonds. The Morgan fingerprint density at radius 3 is 2.44 bits per heavy atom. The molecule has 0 aliphatic heterocycles. The molecule has 148 valence electrons. The number of aliphatic hydroxyl groups excluding tert-OH is 1. The van der Waals surface area contributed by atoms with Crippen LogP contribution < -0.4 is 5.32 Å². The molecule has 2 rings (SSSR count). The SMILES string of the molecule is CS(=O)(=O)Cc1cc(-c2ccc([C@@H](O)[C@@H](CF)NC(=O)C(F)F)cc2)on1. The summed E-state index contributed by atoms with van der Waals surface area (Å²) in [4.78, 5) is 11.0. The highest BCUT2D eigenvalue weighted by molar-refractivity contribution is 7.89. The predicted molar refractivity (Wildman–Crippen MR) is 89.4 cm³/mol. The van der Waals surface area contributed by atoms with Crippen LogP contribution in [-0.2, 0) is 20.4 Å². The fourth-order valence-corrected chi connectivity index (χ4v) is 2.98. The number of nitrogens with one attached hydrogen (secondary N) is 1. The van der Waals surface area contributed by atoms with Gasteiger partial charge in [-0.2, -0.15) is 8.78 Å². The first-order chi connectivity index (χ1) is 12.6. The Balaban J connectivity index is 2.13. The van der Waals surface area contributed by atoms with Gasteiger partial charge < -0.3 is 14.9 Å². The van der Waals surface area contributed by atoms with E-state index in [0.29, 0.717) is 5.56 Å². The largest absolute Gasteiger partial charge is 0.386 e. The molecule has 0 aliphatic rings. The zero-order valence-corrected chi connectivity index (χ0v) is 14.9. The number of carbonyl (C=O) groups is 1. The van der Waals surface area contributed by atoms with E-state index >= 15 is 0 Å². The number of sulfone groups is 1. The normalized spacial score (nSPS) is 14.1. The van der Waals surface area contributed by atoms with Gasteiger partial charge in [-0.05, 0) is 5.56 Å². The lowest BCUT2D eigenvalue weighted by Crippen LogP contribution is -2.43. The summed E-state index contributed by atoms with van der Waals surface area (Å²) < 4.78 is 65.1. The van der Waals surface area contributed by atoms with Crippen molar-refractivity contribution in [2.75, 3.05) is 12.9 Å². The van der Waals surface area contributed by atoms with E-state index in [1.54, 1.807) is 5.32 Å². The third-order valence-electron chi connectivity index (χ3n) is 3.58. The molecule has 2 atom stereocenters. The van der Waals surface area contributed by atoms with Crippen LogP contribution in [0.4, 0.5) is 13.2 Å². The van der Waals surface area contributed by atoms with Crippen LogP contribution in [-0.4, -0.2) is 50.0 Å². The van der Waals surface area contributed by atoms with Gasteiger partial charge in [0.1, 0.15) is 12.8 Å². The maximum atomic E-state index is 13.0. The Morgan fingerprint density at radius 1 is 1.30 bits per heavy atom. The summed E-state index contributed by atoms with van der Waals surface area (Å²) >= 11 is 0. The van der Waals surface area contributed by atoms with Crippen LogP contribution in [0.5, 0.6) is 0 Å². The van der Waals surface area contributed by atoms with Gasteiger partial charge in [0, 0.05) is 17.9 Å². The number of hydrogen-bond acceptors (Lipinski definition) is 6. The Hall–Kier alpha value is -2.40. The first-order valence-corrected chi connectivity index (χ1v) is 9.73. The zero-order chi connectivity index (χ0) is 20.2. The first-order valence-electron chi connectivity index (χ1n) is 7.67. The molecule has 1 heterocycles. The molecular weight excluding hydrogens is 389 g/mol. The van der Waals surface area contributed by atoms with E-state index < -0.39 is 41.0 Å². The number of benzene rings is 1. The van der Waals surface area contributed by atoms with Crippen molar-refractivity contribution in [3.05, 3.63) is 41.6 Å². The van der Waals surface area contributed by atoms with Gasteiger partial charge in [-0.25, -0.2) is 12.8 Å². The smallest absolute Gasteiger partial charge is 0.315 e. The first kappa shape index (κ1) is 20.9. The highest BCUT2D eigenvalue weighted by atomic mass is 32.2. The maximum Gasteiger partial charge on any atom is 0.315 e. The van der Waals surface area contributed by atoms with E-state index in [-0.39, 0.29) is 22.8 Å². The van der Waals surface area contributed by atoms with Crippen LogP contribution in [0, 0.1) is 0 Å². The number of halogens is 3. The van der Waals surface area contributed by atoms with E-state index in [1.165, 1.54) is 30.3 Å². The van der Waals surface area contributed by atoms with Crippen molar-refractivity contribution in [1.29, 1.82) is 0 Å². The second kappa shape index (κ2) is 8.53. The van der Waals surface area contributed by atoms with Crippen LogP contribution >= 0.6 is 0 Å². The third-order valence-corrected chi connectivity index (χ3v) is 4.40. The molecular formula is C16H17F3N2O5S.